The Hall–Kier alpha value is -0.380. The van der Waals surface area contributed by atoms with Crippen LogP contribution in [0.25, 0.3) is 0 Å². The lowest BCUT2D eigenvalue weighted by Crippen LogP contribution is -2.23. The Balaban J connectivity index is 2.96. The van der Waals surface area contributed by atoms with Crippen LogP contribution in [-0.4, -0.2) is 23.2 Å². The van der Waals surface area contributed by atoms with Gasteiger partial charge in [0.05, 0.1) is 10.2 Å². The van der Waals surface area contributed by atoms with Crippen LogP contribution in [0.5, 0.6) is 0 Å². The predicted molar refractivity (Wildman–Crippen MR) is 64.5 cm³/mol. The summed E-state index contributed by atoms with van der Waals surface area (Å²) in [7, 11) is 4.00. The zero-order chi connectivity index (χ0) is 9.84. The molecular formula is C10H13NS2. The maximum Gasteiger partial charge on any atom is 0.0758 e. The van der Waals surface area contributed by atoms with Gasteiger partial charge in [-0.3, -0.25) is 4.90 Å². The van der Waals surface area contributed by atoms with Gasteiger partial charge < -0.3 is 0 Å². The SMILES string of the molecule is CN(C)C(C(=S)S)c1ccccc1. The molecular weight excluding hydrogens is 198 g/mol. The molecule has 0 radical (unpaired) electrons. The normalized spacial score (nSPS) is 12.9. The summed E-state index contributed by atoms with van der Waals surface area (Å²) in [4.78, 5) is 2.06. The molecule has 0 saturated carbocycles. The van der Waals surface area contributed by atoms with E-state index in [1.807, 2.05) is 32.3 Å². The van der Waals surface area contributed by atoms with Crippen LogP contribution in [0.15, 0.2) is 30.3 Å². The van der Waals surface area contributed by atoms with E-state index in [1.165, 1.54) is 5.56 Å². The van der Waals surface area contributed by atoms with Crippen LogP contribution >= 0.6 is 24.8 Å². The van der Waals surface area contributed by atoms with Crippen molar-refractivity contribution >= 4 is 29.0 Å². The highest BCUT2D eigenvalue weighted by Gasteiger charge is 2.15. The van der Waals surface area contributed by atoms with E-state index in [0.29, 0.717) is 4.20 Å². The first-order chi connectivity index (χ1) is 6.13. The molecule has 0 aromatic heterocycles. The first-order valence-corrected chi connectivity index (χ1v) is 4.92. The van der Waals surface area contributed by atoms with Crippen molar-refractivity contribution < 1.29 is 0 Å². The molecule has 0 amide bonds. The molecule has 3 heteroatoms. The van der Waals surface area contributed by atoms with Crippen LogP contribution in [0, 0.1) is 0 Å². The molecule has 0 aliphatic heterocycles. The van der Waals surface area contributed by atoms with Crippen molar-refractivity contribution in [2.75, 3.05) is 14.1 Å². The molecule has 0 spiro atoms. The maximum absolute atomic E-state index is 5.10. The highest BCUT2D eigenvalue weighted by Crippen LogP contribution is 2.21. The van der Waals surface area contributed by atoms with E-state index in [0.717, 1.165) is 0 Å². The lowest BCUT2D eigenvalue weighted by atomic mass is 10.1. The van der Waals surface area contributed by atoms with Gasteiger partial charge in [0, 0.05) is 0 Å². The molecule has 0 saturated heterocycles. The second kappa shape index (κ2) is 4.74. The average molecular weight is 211 g/mol. The van der Waals surface area contributed by atoms with Gasteiger partial charge in [-0.1, -0.05) is 42.5 Å². The summed E-state index contributed by atoms with van der Waals surface area (Å²) >= 11 is 9.33. The fourth-order valence-corrected chi connectivity index (χ4v) is 2.02. The van der Waals surface area contributed by atoms with Gasteiger partial charge in [-0.25, -0.2) is 0 Å². The third kappa shape index (κ3) is 2.79. The number of nitrogens with zero attached hydrogens (tertiary/aromatic N) is 1. The van der Waals surface area contributed by atoms with Gasteiger partial charge >= 0.3 is 0 Å². The van der Waals surface area contributed by atoms with E-state index < -0.39 is 0 Å². The second-order valence-electron chi connectivity index (χ2n) is 3.12. The zero-order valence-electron chi connectivity index (χ0n) is 7.77. The topological polar surface area (TPSA) is 3.24 Å². The second-order valence-corrected chi connectivity index (χ2v) is 4.34. The number of benzene rings is 1. The minimum Gasteiger partial charge on any atom is -0.297 e. The largest absolute Gasteiger partial charge is 0.297 e. The van der Waals surface area contributed by atoms with Gasteiger partial charge in [-0.15, -0.1) is 12.6 Å². The van der Waals surface area contributed by atoms with E-state index >= 15 is 0 Å². The van der Waals surface area contributed by atoms with E-state index in [9.17, 15) is 0 Å². The standard InChI is InChI=1S/C10H13NS2/c1-11(2)9(10(12)13)8-6-4-3-5-7-8/h3-7,9H,1-2H3,(H,12,13). The monoisotopic (exact) mass is 211 g/mol. The van der Waals surface area contributed by atoms with E-state index in [2.05, 4.69) is 29.7 Å². The number of hydrogen-bond donors (Lipinski definition) is 1. The Morgan fingerprint density at radius 2 is 1.85 bits per heavy atom. The van der Waals surface area contributed by atoms with Gasteiger partial charge in [-0.2, -0.15) is 0 Å². The Labute approximate surface area is 90.2 Å². The molecule has 0 aliphatic carbocycles. The molecule has 1 rings (SSSR count). The summed E-state index contributed by atoms with van der Waals surface area (Å²) in [6.45, 7) is 0. The lowest BCUT2D eigenvalue weighted by Gasteiger charge is -2.23. The molecule has 1 aromatic carbocycles. The molecule has 0 fully saturated rings. The fourth-order valence-electron chi connectivity index (χ4n) is 1.30. The fraction of sp³-hybridized carbons (Fsp3) is 0.300. The Kier molecular flexibility index (Phi) is 3.90. The molecule has 0 N–H and O–H groups in total. The first kappa shape index (κ1) is 10.7. The molecule has 1 nitrogen and oxygen atoms in total. The number of hydrogen-bond acceptors (Lipinski definition) is 2. The molecule has 0 heterocycles. The molecule has 1 atom stereocenters. The van der Waals surface area contributed by atoms with Crippen molar-refractivity contribution in [3.05, 3.63) is 35.9 Å². The minimum atomic E-state index is 0.125. The molecule has 70 valence electrons. The summed E-state index contributed by atoms with van der Waals surface area (Å²) < 4.78 is 0.705. The number of thiol groups is 1. The van der Waals surface area contributed by atoms with Gasteiger partial charge in [0.2, 0.25) is 0 Å². The molecule has 1 unspecified atom stereocenters. The smallest absolute Gasteiger partial charge is 0.0758 e. The van der Waals surface area contributed by atoms with Gasteiger partial charge in [0.15, 0.2) is 0 Å². The lowest BCUT2D eigenvalue weighted by molar-refractivity contribution is 0.375. The zero-order valence-corrected chi connectivity index (χ0v) is 9.48. The molecule has 13 heavy (non-hydrogen) atoms. The van der Waals surface area contributed by atoms with Crippen molar-refractivity contribution in [1.29, 1.82) is 0 Å². The van der Waals surface area contributed by atoms with Crippen LogP contribution in [0.4, 0.5) is 0 Å². The van der Waals surface area contributed by atoms with Crippen molar-refractivity contribution in [3.8, 4) is 0 Å². The summed E-state index contributed by atoms with van der Waals surface area (Å²) in [5.74, 6) is 0. The van der Waals surface area contributed by atoms with E-state index in [-0.39, 0.29) is 6.04 Å². The summed E-state index contributed by atoms with van der Waals surface area (Å²) in [6.07, 6.45) is 0. The van der Waals surface area contributed by atoms with Gasteiger partial charge in [0.1, 0.15) is 0 Å². The predicted octanol–water partition coefficient (Wildman–Crippen LogP) is 2.55. The number of rotatable bonds is 3. The van der Waals surface area contributed by atoms with Crippen molar-refractivity contribution in [2.45, 2.75) is 6.04 Å². The van der Waals surface area contributed by atoms with Crippen LogP contribution < -0.4 is 0 Å². The van der Waals surface area contributed by atoms with E-state index in [4.69, 9.17) is 12.2 Å². The molecule has 0 bridgehead atoms. The van der Waals surface area contributed by atoms with Gasteiger partial charge in [-0.05, 0) is 19.7 Å². The Bertz CT molecular complexity index is 282. The molecule has 1 aromatic rings. The van der Waals surface area contributed by atoms with Crippen molar-refractivity contribution in [3.63, 3.8) is 0 Å². The summed E-state index contributed by atoms with van der Waals surface area (Å²) in [5.41, 5.74) is 1.19. The summed E-state index contributed by atoms with van der Waals surface area (Å²) in [6, 6.07) is 10.3. The Morgan fingerprint density at radius 1 is 1.31 bits per heavy atom. The average Bonchev–Trinajstić information content (AvgIpc) is 2.04. The van der Waals surface area contributed by atoms with Crippen molar-refractivity contribution in [1.82, 2.24) is 4.90 Å². The van der Waals surface area contributed by atoms with Gasteiger partial charge in [0.25, 0.3) is 0 Å². The van der Waals surface area contributed by atoms with Crippen LogP contribution in [0.2, 0.25) is 0 Å². The highest BCUT2D eigenvalue weighted by atomic mass is 32.1. The van der Waals surface area contributed by atoms with Crippen LogP contribution in [0.1, 0.15) is 11.6 Å². The van der Waals surface area contributed by atoms with E-state index in [1.54, 1.807) is 0 Å². The van der Waals surface area contributed by atoms with Crippen LogP contribution in [0.3, 0.4) is 0 Å². The van der Waals surface area contributed by atoms with Crippen LogP contribution in [-0.2, 0) is 0 Å². The summed E-state index contributed by atoms with van der Waals surface area (Å²) in [5, 5.41) is 0. The third-order valence-corrected chi connectivity index (χ3v) is 2.33. The Morgan fingerprint density at radius 3 is 2.23 bits per heavy atom. The van der Waals surface area contributed by atoms with Crippen molar-refractivity contribution in [2.24, 2.45) is 0 Å². The maximum atomic E-state index is 5.10. The highest BCUT2D eigenvalue weighted by molar-refractivity contribution is 8.11. The quantitative estimate of drug-likeness (QED) is 0.604. The first-order valence-electron chi connectivity index (χ1n) is 4.07. The molecule has 0 aliphatic rings. The minimum absolute atomic E-state index is 0.125. The third-order valence-electron chi connectivity index (χ3n) is 1.87. The number of thiocarbonyl (C=S) groups is 1.